The number of amides is 3. The van der Waals surface area contributed by atoms with Crippen LogP contribution in [0.3, 0.4) is 0 Å². The molecule has 2 aliphatic carbocycles. The zero-order valence-electron chi connectivity index (χ0n) is 21.7. The molecule has 0 aromatic heterocycles. The van der Waals surface area contributed by atoms with Crippen LogP contribution >= 0.6 is 11.6 Å². The predicted molar refractivity (Wildman–Crippen MR) is 148 cm³/mol. The molecule has 1 aliphatic heterocycles. The van der Waals surface area contributed by atoms with Crippen molar-refractivity contribution in [1.29, 1.82) is 0 Å². The minimum atomic E-state index is -0.751. The zero-order chi connectivity index (χ0) is 28.0. The summed E-state index contributed by atoms with van der Waals surface area (Å²) in [7, 11) is 1.46. The van der Waals surface area contributed by atoms with E-state index in [4.69, 9.17) is 21.1 Å². The smallest absolute Gasteiger partial charge is 0.338 e. The third-order valence-electron chi connectivity index (χ3n) is 8.35. The third kappa shape index (κ3) is 4.52. The number of hydrogen-bond acceptors (Lipinski definition) is 6. The molecule has 2 saturated carbocycles. The molecule has 3 aromatic rings. The average molecular weight is 559 g/mol. The highest BCUT2D eigenvalue weighted by atomic mass is 35.5. The molecule has 3 amide bonds. The van der Waals surface area contributed by atoms with Crippen LogP contribution in [0.1, 0.15) is 34.7 Å². The van der Waals surface area contributed by atoms with E-state index in [9.17, 15) is 19.2 Å². The molecule has 0 spiro atoms. The van der Waals surface area contributed by atoms with Gasteiger partial charge in [0.2, 0.25) is 11.8 Å². The van der Waals surface area contributed by atoms with Crippen molar-refractivity contribution in [3.8, 4) is 5.75 Å². The van der Waals surface area contributed by atoms with Crippen molar-refractivity contribution in [3.05, 3.63) is 88.9 Å². The number of benzene rings is 3. The van der Waals surface area contributed by atoms with Gasteiger partial charge in [0.1, 0.15) is 5.75 Å². The van der Waals surface area contributed by atoms with E-state index in [0.29, 0.717) is 22.1 Å². The molecule has 8 nitrogen and oxygen atoms in total. The summed E-state index contributed by atoms with van der Waals surface area (Å²) in [5.41, 5.74) is 2.03. The first-order chi connectivity index (χ1) is 19.4. The van der Waals surface area contributed by atoms with E-state index < -0.39 is 18.5 Å². The summed E-state index contributed by atoms with van der Waals surface area (Å²) in [6.45, 7) is -0.547. The number of esters is 1. The Morgan fingerprint density at radius 3 is 2.50 bits per heavy atom. The summed E-state index contributed by atoms with van der Waals surface area (Å²) >= 11 is 6.00. The number of halogens is 1. The highest BCUT2D eigenvalue weighted by Gasteiger charge is 2.64. The standard InChI is InChI=1S/C31H27ClN2O6/c1-39-25-11-10-20(32)15-24(25)33-26(35)16-40-31(38)18-8-5-9-21(12-18)34-29(36)27-19-13-22(17-6-3-2-4-7-17)23(14-19)28(27)30(34)37/h2-12,15,19,22-23,27-28H,13-14,16H2,1H3,(H,33,35)/t19-,22-,23+,27+,28-/m0/s1. The first-order valence-electron chi connectivity index (χ1n) is 13.2. The monoisotopic (exact) mass is 558 g/mol. The lowest BCUT2D eigenvalue weighted by atomic mass is 9.73. The van der Waals surface area contributed by atoms with Crippen LogP contribution in [0.25, 0.3) is 0 Å². The molecule has 3 aliphatic rings. The number of imide groups is 1. The van der Waals surface area contributed by atoms with Gasteiger partial charge in [-0.2, -0.15) is 0 Å². The van der Waals surface area contributed by atoms with Crippen molar-refractivity contribution in [2.45, 2.75) is 18.8 Å². The molecule has 3 fully saturated rings. The number of fused-ring (bicyclic) bond motifs is 5. The summed E-state index contributed by atoms with van der Waals surface area (Å²) in [5, 5.41) is 3.01. The Kier molecular flexibility index (Phi) is 6.80. The molecule has 2 bridgehead atoms. The Labute approximate surface area is 236 Å². The fourth-order valence-electron chi connectivity index (χ4n) is 6.75. The molecular formula is C31H27ClN2O6. The fraction of sp³-hybridized carbons (Fsp3) is 0.290. The molecule has 0 radical (unpaired) electrons. The Morgan fingerprint density at radius 2 is 1.73 bits per heavy atom. The van der Waals surface area contributed by atoms with Gasteiger partial charge in [-0.05, 0) is 72.6 Å². The van der Waals surface area contributed by atoms with E-state index in [0.717, 1.165) is 12.8 Å². The minimum absolute atomic E-state index is 0.128. The lowest BCUT2D eigenvalue weighted by Crippen LogP contribution is -2.33. The highest BCUT2D eigenvalue weighted by molar-refractivity contribution is 6.31. The van der Waals surface area contributed by atoms with Crippen LogP contribution in [0.2, 0.25) is 5.02 Å². The Hall–Kier alpha value is -4.17. The topological polar surface area (TPSA) is 102 Å². The van der Waals surface area contributed by atoms with Gasteiger partial charge in [0.05, 0.1) is 35.9 Å². The summed E-state index contributed by atoms with van der Waals surface area (Å²) in [4.78, 5) is 53.5. The maximum absolute atomic E-state index is 13.6. The van der Waals surface area contributed by atoms with Gasteiger partial charge in [0.25, 0.3) is 5.91 Å². The lowest BCUT2D eigenvalue weighted by Gasteiger charge is -2.28. The zero-order valence-corrected chi connectivity index (χ0v) is 22.5. The number of methoxy groups -OCH3 is 1. The molecule has 0 unspecified atom stereocenters. The SMILES string of the molecule is COc1ccc(Cl)cc1NC(=O)COC(=O)c1cccc(N2C(=O)[C@@H]3[C@@H]4C[C@@H]([C@@H]3C2=O)[C@H](c2ccccc2)C4)c1. The summed E-state index contributed by atoms with van der Waals surface area (Å²) in [5.74, 6) is -1.43. The van der Waals surface area contributed by atoms with E-state index in [1.807, 2.05) is 18.2 Å². The third-order valence-corrected chi connectivity index (χ3v) is 8.59. The van der Waals surface area contributed by atoms with Gasteiger partial charge >= 0.3 is 5.97 Å². The molecule has 40 heavy (non-hydrogen) atoms. The van der Waals surface area contributed by atoms with E-state index in [1.165, 1.54) is 35.8 Å². The first kappa shape index (κ1) is 26.1. The van der Waals surface area contributed by atoms with Crippen LogP contribution in [0.5, 0.6) is 5.75 Å². The van der Waals surface area contributed by atoms with Crippen LogP contribution in [-0.2, 0) is 19.1 Å². The Bertz CT molecular complexity index is 1510. The number of ether oxygens (including phenoxy) is 2. The first-order valence-corrected chi connectivity index (χ1v) is 13.6. The average Bonchev–Trinajstić information content (AvgIpc) is 3.63. The molecule has 3 aromatic carbocycles. The Morgan fingerprint density at radius 1 is 0.950 bits per heavy atom. The molecule has 1 N–H and O–H groups in total. The summed E-state index contributed by atoms with van der Waals surface area (Å²) < 4.78 is 10.4. The van der Waals surface area contributed by atoms with Gasteiger partial charge in [0, 0.05) is 5.02 Å². The van der Waals surface area contributed by atoms with Crippen molar-refractivity contribution in [2.75, 3.05) is 23.9 Å². The van der Waals surface area contributed by atoms with Crippen LogP contribution in [0.15, 0.2) is 72.8 Å². The molecule has 1 heterocycles. The molecule has 6 rings (SSSR count). The molecule has 5 atom stereocenters. The van der Waals surface area contributed by atoms with Gasteiger partial charge in [-0.3, -0.25) is 19.3 Å². The van der Waals surface area contributed by atoms with Crippen LogP contribution < -0.4 is 15.0 Å². The van der Waals surface area contributed by atoms with Gasteiger partial charge in [-0.25, -0.2) is 4.79 Å². The van der Waals surface area contributed by atoms with Crippen LogP contribution in [-0.4, -0.2) is 37.4 Å². The number of rotatable bonds is 7. The van der Waals surface area contributed by atoms with E-state index in [1.54, 1.807) is 24.3 Å². The van der Waals surface area contributed by atoms with Gasteiger partial charge < -0.3 is 14.8 Å². The van der Waals surface area contributed by atoms with Gasteiger partial charge in [-0.1, -0.05) is 48.0 Å². The number of hydrogen-bond donors (Lipinski definition) is 1. The maximum Gasteiger partial charge on any atom is 0.338 e. The largest absolute Gasteiger partial charge is 0.495 e. The fourth-order valence-corrected chi connectivity index (χ4v) is 6.92. The molecule has 204 valence electrons. The predicted octanol–water partition coefficient (Wildman–Crippen LogP) is 5.07. The van der Waals surface area contributed by atoms with E-state index in [-0.39, 0.29) is 47.0 Å². The van der Waals surface area contributed by atoms with Crippen molar-refractivity contribution in [3.63, 3.8) is 0 Å². The number of nitrogens with one attached hydrogen (secondary N) is 1. The van der Waals surface area contributed by atoms with Crippen molar-refractivity contribution < 1.29 is 28.7 Å². The second kappa shape index (κ2) is 10.4. The number of carbonyl (C=O) groups is 4. The van der Waals surface area contributed by atoms with Gasteiger partial charge in [-0.15, -0.1) is 0 Å². The molecule has 1 saturated heterocycles. The molecular weight excluding hydrogens is 532 g/mol. The normalized spacial score (nSPS) is 24.6. The second-order valence-electron chi connectivity index (χ2n) is 10.5. The van der Waals surface area contributed by atoms with Crippen molar-refractivity contribution >= 4 is 46.7 Å². The second-order valence-corrected chi connectivity index (χ2v) is 10.9. The van der Waals surface area contributed by atoms with Crippen molar-refractivity contribution in [2.24, 2.45) is 23.7 Å². The lowest BCUT2D eigenvalue weighted by molar-refractivity contribution is -0.123. The van der Waals surface area contributed by atoms with Crippen LogP contribution in [0.4, 0.5) is 11.4 Å². The Balaban J connectivity index is 1.14. The van der Waals surface area contributed by atoms with E-state index in [2.05, 4.69) is 17.4 Å². The molecule has 9 heteroatoms. The van der Waals surface area contributed by atoms with Gasteiger partial charge in [0.15, 0.2) is 6.61 Å². The highest BCUT2D eigenvalue weighted by Crippen LogP contribution is 2.61. The minimum Gasteiger partial charge on any atom is -0.495 e. The van der Waals surface area contributed by atoms with Crippen molar-refractivity contribution in [1.82, 2.24) is 0 Å². The quantitative estimate of drug-likeness (QED) is 0.321. The van der Waals surface area contributed by atoms with E-state index >= 15 is 0 Å². The summed E-state index contributed by atoms with van der Waals surface area (Å²) in [6, 6.07) is 21.2. The maximum atomic E-state index is 13.6. The number of nitrogens with zero attached hydrogens (tertiary/aromatic N) is 1. The number of anilines is 2. The van der Waals surface area contributed by atoms with Crippen LogP contribution in [0, 0.1) is 23.7 Å². The number of carbonyl (C=O) groups excluding carboxylic acids is 4. The summed E-state index contributed by atoms with van der Waals surface area (Å²) in [6.07, 6.45) is 1.79.